The topological polar surface area (TPSA) is 133 Å². The van der Waals surface area contributed by atoms with Crippen molar-refractivity contribution in [2.45, 2.75) is 44.7 Å². The highest BCUT2D eigenvalue weighted by Crippen LogP contribution is 2.33. The van der Waals surface area contributed by atoms with E-state index >= 15 is 0 Å². The van der Waals surface area contributed by atoms with Crippen molar-refractivity contribution in [1.29, 1.82) is 0 Å². The zero-order valence-corrected chi connectivity index (χ0v) is 17.9. The summed E-state index contributed by atoms with van der Waals surface area (Å²) in [4.78, 5) is 19.7. The Morgan fingerprint density at radius 3 is 2.77 bits per heavy atom. The summed E-state index contributed by atoms with van der Waals surface area (Å²) in [6.45, 7) is 0.468. The monoisotopic (exact) mass is 446 g/mol. The molecule has 0 unspecified atom stereocenters. The number of anilines is 2. The third-order valence-corrected chi connectivity index (χ3v) is 6.84. The zero-order valence-electron chi connectivity index (χ0n) is 16.3. The maximum atomic E-state index is 11.6. The Morgan fingerprint density at radius 1 is 1.27 bits per heavy atom. The molecule has 0 bridgehead atoms. The van der Waals surface area contributed by atoms with E-state index in [0.29, 0.717) is 35.5 Å². The van der Waals surface area contributed by atoms with Crippen molar-refractivity contribution in [2.24, 2.45) is 11.7 Å². The highest BCUT2D eigenvalue weighted by molar-refractivity contribution is 7.17. The van der Waals surface area contributed by atoms with Crippen molar-refractivity contribution in [3.63, 3.8) is 0 Å². The average molecular weight is 447 g/mol. The number of benzene rings is 1. The molecule has 30 heavy (non-hydrogen) atoms. The molecule has 1 fully saturated rings. The van der Waals surface area contributed by atoms with Crippen molar-refractivity contribution in [1.82, 2.24) is 9.97 Å². The Hall–Kier alpha value is -2.49. The van der Waals surface area contributed by atoms with Gasteiger partial charge in [-0.15, -0.1) is 11.3 Å². The molecular formula is C20H23ClN6O2S. The van der Waals surface area contributed by atoms with E-state index in [2.05, 4.69) is 20.7 Å². The van der Waals surface area contributed by atoms with Crippen LogP contribution in [0.3, 0.4) is 0 Å². The lowest BCUT2D eigenvalue weighted by atomic mass is 9.83. The van der Waals surface area contributed by atoms with E-state index in [1.54, 1.807) is 11.3 Å². The molecular weight excluding hydrogens is 424 g/mol. The van der Waals surface area contributed by atoms with Crippen LogP contribution in [0.4, 0.5) is 17.5 Å². The summed E-state index contributed by atoms with van der Waals surface area (Å²) >= 11 is 7.76. The minimum Gasteiger partial charge on any atom is -0.378 e. The number of halogens is 1. The average Bonchev–Trinajstić information content (AvgIpc) is 3.09. The van der Waals surface area contributed by atoms with Crippen LogP contribution in [0.5, 0.6) is 0 Å². The number of thiophene rings is 1. The van der Waals surface area contributed by atoms with Gasteiger partial charge < -0.3 is 16.8 Å². The van der Waals surface area contributed by atoms with Gasteiger partial charge in [-0.3, -0.25) is 10.1 Å². The van der Waals surface area contributed by atoms with Crippen LogP contribution in [0.2, 0.25) is 5.02 Å². The first-order chi connectivity index (χ1) is 14.4. The molecule has 0 saturated heterocycles. The van der Waals surface area contributed by atoms with Crippen LogP contribution in [0.15, 0.2) is 23.6 Å². The number of rotatable bonds is 6. The van der Waals surface area contributed by atoms with Crippen LogP contribution in [-0.4, -0.2) is 20.9 Å². The number of fused-ring (bicyclic) bond motifs is 1. The predicted octanol–water partition coefficient (Wildman–Crippen LogP) is 4.51. The van der Waals surface area contributed by atoms with E-state index in [1.807, 2.05) is 18.2 Å². The van der Waals surface area contributed by atoms with Gasteiger partial charge in [0.05, 0.1) is 4.92 Å². The molecule has 0 spiro atoms. The van der Waals surface area contributed by atoms with Crippen molar-refractivity contribution in [3.8, 4) is 0 Å². The lowest BCUT2D eigenvalue weighted by molar-refractivity contribution is -0.385. The summed E-state index contributed by atoms with van der Waals surface area (Å²) in [6.07, 6.45) is 4.23. The molecule has 3 aromatic rings. The molecule has 1 saturated carbocycles. The largest absolute Gasteiger partial charge is 0.378 e. The molecule has 4 rings (SSSR count). The number of nitrogen functional groups attached to an aromatic ring is 1. The van der Waals surface area contributed by atoms with Gasteiger partial charge in [0.2, 0.25) is 11.8 Å². The molecule has 0 radical (unpaired) electrons. The number of hydrogen-bond acceptors (Lipinski definition) is 8. The first-order valence-electron chi connectivity index (χ1n) is 9.86. The lowest BCUT2D eigenvalue weighted by Gasteiger charge is -2.25. The van der Waals surface area contributed by atoms with Gasteiger partial charge in [-0.2, -0.15) is 4.98 Å². The quantitative estimate of drug-likeness (QED) is 0.374. The van der Waals surface area contributed by atoms with Gasteiger partial charge >= 0.3 is 5.69 Å². The number of hydrogen-bond donors (Lipinski definition) is 3. The summed E-state index contributed by atoms with van der Waals surface area (Å²) in [7, 11) is 0. The molecule has 8 nitrogen and oxygen atoms in total. The second-order valence-corrected chi connectivity index (χ2v) is 9.07. The molecule has 158 valence electrons. The highest BCUT2D eigenvalue weighted by atomic mass is 35.5. The van der Waals surface area contributed by atoms with Gasteiger partial charge in [-0.05, 0) is 72.6 Å². The van der Waals surface area contributed by atoms with Gasteiger partial charge in [0, 0.05) is 22.3 Å². The van der Waals surface area contributed by atoms with Gasteiger partial charge in [-0.25, -0.2) is 4.98 Å². The van der Waals surface area contributed by atoms with Gasteiger partial charge in [0.1, 0.15) is 5.69 Å². The summed E-state index contributed by atoms with van der Waals surface area (Å²) in [6, 6.07) is 6.00. The van der Waals surface area contributed by atoms with E-state index in [-0.39, 0.29) is 17.5 Å². The van der Waals surface area contributed by atoms with E-state index < -0.39 is 4.92 Å². The smallest absolute Gasteiger partial charge is 0.332 e. The fourth-order valence-electron chi connectivity index (χ4n) is 3.97. The first kappa shape index (κ1) is 20.8. The molecule has 0 amide bonds. The normalized spacial score (nSPS) is 19.1. The Bertz CT molecular complexity index is 1080. The predicted molar refractivity (Wildman–Crippen MR) is 121 cm³/mol. The lowest BCUT2D eigenvalue weighted by Crippen LogP contribution is -2.27. The maximum Gasteiger partial charge on any atom is 0.332 e. The van der Waals surface area contributed by atoms with Crippen molar-refractivity contribution in [3.05, 3.63) is 50.0 Å². The van der Waals surface area contributed by atoms with Crippen LogP contribution >= 0.6 is 22.9 Å². The second-order valence-electron chi connectivity index (χ2n) is 7.72. The fraction of sp³-hybridized carbons (Fsp3) is 0.400. The van der Waals surface area contributed by atoms with Crippen molar-refractivity contribution >= 4 is 50.5 Å². The number of nitro groups is 1. The van der Waals surface area contributed by atoms with Gasteiger partial charge in [0.25, 0.3) is 0 Å². The molecule has 0 aliphatic heterocycles. The summed E-state index contributed by atoms with van der Waals surface area (Å²) in [5, 5.41) is 18.5. The van der Waals surface area contributed by atoms with Crippen LogP contribution in [0, 0.1) is 16.0 Å². The molecule has 5 N–H and O–H groups in total. The number of aromatic nitrogens is 2. The summed E-state index contributed by atoms with van der Waals surface area (Å²) in [5.74, 6) is 0.494. The third kappa shape index (κ3) is 4.48. The molecule has 1 aliphatic rings. The van der Waals surface area contributed by atoms with Crippen LogP contribution in [0.1, 0.15) is 36.9 Å². The number of nitrogens with two attached hydrogens (primary N) is 2. The molecule has 10 heteroatoms. The van der Waals surface area contributed by atoms with E-state index in [9.17, 15) is 10.1 Å². The number of nitrogens with one attached hydrogen (secondary N) is 1. The van der Waals surface area contributed by atoms with E-state index in [1.165, 1.54) is 0 Å². The van der Waals surface area contributed by atoms with Crippen LogP contribution in [-0.2, 0) is 13.0 Å². The fourth-order valence-corrected chi connectivity index (χ4v) is 5.09. The van der Waals surface area contributed by atoms with Crippen molar-refractivity contribution < 1.29 is 4.92 Å². The van der Waals surface area contributed by atoms with Crippen LogP contribution in [0.25, 0.3) is 10.1 Å². The van der Waals surface area contributed by atoms with E-state index in [0.717, 1.165) is 41.3 Å². The van der Waals surface area contributed by atoms with Gasteiger partial charge in [-0.1, -0.05) is 11.6 Å². The van der Waals surface area contributed by atoms with Crippen LogP contribution < -0.4 is 16.8 Å². The summed E-state index contributed by atoms with van der Waals surface area (Å²) < 4.78 is 1.14. The number of nitrogens with zero attached hydrogens (tertiary/aromatic N) is 3. The minimum absolute atomic E-state index is 0.113. The Balaban J connectivity index is 1.56. The minimum atomic E-state index is -0.489. The standard InChI is InChI=1S/C20H23ClN6O2S/c21-13-3-6-17-15(8-13)12(10-30-17)9-24-20-25-16(18(27(28)29)19(23)26-20)7-11-1-4-14(22)5-2-11/h3,6,8,10-11,14H,1-2,4-5,7,9,22H2,(H3,23,24,25,26). The van der Waals surface area contributed by atoms with Gasteiger partial charge in [0.15, 0.2) is 0 Å². The second kappa shape index (κ2) is 8.71. The maximum absolute atomic E-state index is 11.6. The Morgan fingerprint density at radius 2 is 2.03 bits per heavy atom. The molecule has 1 aliphatic carbocycles. The molecule has 2 aromatic heterocycles. The zero-order chi connectivity index (χ0) is 21.3. The Kier molecular flexibility index (Phi) is 6.03. The SMILES string of the molecule is Nc1nc(NCc2csc3ccc(Cl)cc23)nc(CC2CCC(N)CC2)c1[N+](=O)[O-]. The molecule has 0 atom stereocenters. The molecule has 2 heterocycles. The summed E-state index contributed by atoms with van der Waals surface area (Å²) in [5.41, 5.74) is 13.2. The first-order valence-corrected chi connectivity index (χ1v) is 11.1. The Labute approximate surface area is 182 Å². The third-order valence-electron chi connectivity index (χ3n) is 5.59. The highest BCUT2D eigenvalue weighted by Gasteiger charge is 2.27. The van der Waals surface area contributed by atoms with Crippen molar-refractivity contribution in [2.75, 3.05) is 11.1 Å². The molecule has 1 aromatic carbocycles. The van der Waals surface area contributed by atoms with E-state index in [4.69, 9.17) is 23.1 Å².